The first-order valence-corrected chi connectivity index (χ1v) is 9.51. The zero-order valence-electron chi connectivity index (χ0n) is 15.6. The minimum Gasteiger partial charge on any atom is -0.462 e. The molecular formula is C20H38O3. The number of carbonyl (C=O) groups is 1. The second-order valence-electron chi connectivity index (χ2n) is 6.34. The zero-order chi connectivity index (χ0) is 17.2. The molecule has 0 aromatic rings. The molecule has 3 heteroatoms. The fourth-order valence-corrected chi connectivity index (χ4v) is 2.66. The zero-order valence-corrected chi connectivity index (χ0v) is 15.6. The Kier molecular flexibility index (Phi) is 16.9. The lowest BCUT2D eigenvalue weighted by Crippen LogP contribution is -2.15. The van der Waals surface area contributed by atoms with Crippen LogP contribution in [0.25, 0.3) is 0 Å². The molecule has 3 nitrogen and oxygen atoms in total. The van der Waals surface area contributed by atoms with E-state index in [1.807, 2.05) is 0 Å². The van der Waals surface area contributed by atoms with Crippen LogP contribution in [0.2, 0.25) is 0 Å². The van der Waals surface area contributed by atoms with Crippen molar-refractivity contribution in [2.45, 2.75) is 97.0 Å². The summed E-state index contributed by atoms with van der Waals surface area (Å²) in [5, 5.41) is 0. The van der Waals surface area contributed by atoms with Gasteiger partial charge >= 0.3 is 5.97 Å². The summed E-state index contributed by atoms with van der Waals surface area (Å²) >= 11 is 0. The van der Waals surface area contributed by atoms with Gasteiger partial charge in [-0.05, 0) is 32.1 Å². The van der Waals surface area contributed by atoms with Gasteiger partial charge in [-0.3, -0.25) is 4.79 Å². The third kappa shape index (κ3) is 17.4. The number of esters is 1. The molecule has 0 saturated carbocycles. The molecule has 0 N–H and O–H groups in total. The maximum atomic E-state index is 11.2. The Morgan fingerprint density at radius 1 is 0.957 bits per heavy atom. The van der Waals surface area contributed by atoms with Crippen molar-refractivity contribution < 1.29 is 14.3 Å². The summed E-state index contributed by atoms with van der Waals surface area (Å²) in [6.07, 6.45) is 18.7. The van der Waals surface area contributed by atoms with Crippen LogP contribution in [0.1, 0.15) is 90.9 Å². The smallest absolute Gasteiger partial charge is 0.302 e. The van der Waals surface area contributed by atoms with Gasteiger partial charge in [0.2, 0.25) is 0 Å². The summed E-state index contributed by atoms with van der Waals surface area (Å²) in [5.74, 6) is -0.157. The quantitative estimate of drug-likeness (QED) is 0.204. The van der Waals surface area contributed by atoms with E-state index in [0.717, 1.165) is 32.3 Å². The highest BCUT2D eigenvalue weighted by atomic mass is 16.5. The number of carbonyl (C=O) groups excluding carboxylic acids is 1. The number of ether oxygens (including phenoxy) is 2. The first-order chi connectivity index (χ1) is 11.2. The van der Waals surface area contributed by atoms with Gasteiger partial charge in [0.25, 0.3) is 0 Å². The molecule has 0 aliphatic rings. The van der Waals surface area contributed by atoms with Crippen LogP contribution >= 0.6 is 0 Å². The number of rotatable bonds is 16. The second kappa shape index (κ2) is 17.5. The van der Waals surface area contributed by atoms with Gasteiger partial charge in [-0.1, -0.05) is 57.6 Å². The Hall–Kier alpha value is -0.830. The van der Waals surface area contributed by atoms with Crippen LogP contribution in [-0.4, -0.2) is 25.8 Å². The van der Waals surface area contributed by atoms with Crippen molar-refractivity contribution in [3.63, 3.8) is 0 Å². The van der Waals surface area contributed by atoms with Gasteiger partial charge < -0.3 is 9.47 Å². The van der Waals surface area contributed by atoms with Gasteiger partial charge in [0.05, 0.1) is 0 Å². The standard InChI is InChI=1S/C20H38O3/c1-4-5-6-13-16-20(23-19(2)21)17-14-11-9-7-8-10-12-15-18-22-3/h11,14,20H,4-10,12-13,15-18H2,1-3H3/b14-11-/t20-/m1/s1. The van der Waals surface area contributed by atoms with E-state index in [1.165, 1.54) is 58.3 Å². The van der Waals surface area contributed by atoms with E-state index >= 15 is 0 Å². The Labute approximate surface area is 143 Å². The first-order valence-electron chi connectivity index (χ1n) is 9.51. The highest BCUT2D eigenvalue weighted by molar-refractivity contribution is 5.66. The van der Waals surface area contributed by atoms with Crippen molar-refractivity contribution in [3.8, 4) is 0 Å². The maximum Gasteiger partial charge on any atom is 0.302 e. The Bertz CT molecular complexity index is 287. The molecule has 0 rings (SSSR count). The minimum atomic E-state index is -0.157. The predicted molar refractivity (Wildman–Crippen MR) is 97.6 cm³/mol. The molecule has 0 bridgehead atoms. The fraction of sp³-hybridized carbons (Fsp3) is 0.850. The normalized spacial score (nSPS) is 12.7. The summed E-state index contributed by atoms with van der Waals surface area (Å²) in [6, 6.07) is 0. The minimum absolute atomic E-state index is 0.0645. The Morgan fingerprint density at radius 2 is 1.65 bits per heavy atom. The Morgan fingerprint density at radius 3 is 2.35 bits per heavy atom. The van der Waals surface area contributed by atoms with Crippen molar-refractivity contribution in [3.05, 3.63) is 12.2 Å². The molecular weight excluding hydrogens is 288 g/mol. The van der Waals surface area contributed by atoms with Gasteiger partial charge in [0.15, 0.2) is 0 Å². The van der Waals surface area contributed by atoms with E-state index < -0.39 is 0 Å². The monoisotopic (exact) mass is 326 g/mol. The van der Waals surface area contributed by atoms with Crippen LogP contribution in [0.15, 0.2) is 12.2 Å². The van der Waals surface area contributed by atoms with E-state index in [2.05, 4.69) is 19.1 Å². The SMILES string of the molecule is CCCCCC[C@H](C/C=C\CCCCCCCOC)OC(C)=O. The van der Waals surface area contributed by atoms with Crippen molar-refractivity contribution in [1.82, 2.24) is 0 Å². The van der Waals surface area contributed by atoms with E-state index in [9.17, 15) is 4.79 Å². The molecule has 0 aromatic heterocycles. The summed E-state index contributed by atoms with van der Waals surface area (Å²) < 4.78 is 10.5. The van der Waals surface area contributed by atoms with Gasteiger partial charge in [-0.25, -0.2) is 0 Å². The lowest BCUT2D eigenvalue weighted by atomic mass is 10.1. The predicted octanol–water partition coefficient (Wildman–Crippen LogP) is 5.82. The molecule has 0 aliphatic carbocycles. The van der Waals surface area contributed by atoms with Crippen molar-refractivity contribution >= 4 is 5.97 Å². The van der Waals surface area contributed by atoms with E-state index in [4.69, 9.17) is 9.47 Å². The summed E-state index contributed by atoms with van der Waals surface area (Å²) in [6.45, 7) is 4.60. The van der Waals surface area contributed by atoms with Crippen LogP contribution in [0.5, 0.6) is 0 Å². The Balaban J connectivity index is 3.67. The summed E-state index contributed by atoms with van der Waals surface area (Å²) in [5.41, 5.74) is 0. The number of unbranched alkanes of at least 4 members (excludes halogenated alkanes) is 8. The number of methoxy groups -OCH3 is 1. The van der Waals surface area contributed by atoms with Gasteiger partial charge in [0.1, 0.15) is 6.10 Å². The first kappa shape index (κ1) is 22.2. The molecule has 0 aliphatic heterocycles. The van der Waals surface area contributed by atoms with Gasteiger partial charge in [-0.15, -0.1) is 0 Å². The highest BCUT2D eigenvalue weighted by Crippen LogP contribution is 2.13. The summed E-state index contributed by atoms with van der Waals surface area (Å²) in [4.78, 5) is 11.2. The molecule has 0 fully saturated rings. The van der Waals surface area contributed by atoms with Gasteiger partial charge in [-0.2, -0.15) is 0 Å². The molecule has 0 amide bonds. The van der Waals surface area contributed by atoms with Crippen molar-refractivity contribution in [2.24, 2.45) is 0 Å². The highest BCUT2D eigenvalue weighted by Gasteiger charge is 2.09. The number of hydrogen-bond acceptors (Lipinski definition) is 3. The average Bonchev–Trinajstić information content (AvgIpc) is 2.52. The average molecular weight is 327 g/mol. The number of allylic oxidation sites excluding steroid dienone is 1. The van der Waals surface area contributed by atoms with E-state index in [0.29, 0.717) is 0 Å². The topological polar surface area (TPSA) is 35.5 Å². The molecule has 0 saturated heterocycles. The van der Waals surface area contributed by atoms with Crippen LogP contribution in [0.3, 0.4) is 0 Å². The molecule has 0 aromatic carbocycles. The summed E-state index contributed by atoms with van der Waals surface area (Å²) in [7, 11) is 1.76. The van der Waals surface area contributed by atoms with Crippen LogP contribution in [-0.2, 0) is 14.3 Å². The second-order valence-corrected chi connectivity index (χ2v) is 6.34. The third-order valence-electron chi connectivity index (χ3n) is 4.00. The molecule has 136 valence electrons. The lowest BCUT2D eigenvalue weighted by Gasteiger charge is -2.15. The molecule has 0 unspecified atom stereocenters. The van der Waals surface area contributed by atoms with Gasteiger partial charge in [0, 0.05) is 27.1 Å². The third-order valence-corrected chi connectivity index (χ3v) is 4.00. The van der Waals surface area contributed by atoms with E-state index in [1.54, 1.807) is 7.11 Å². The molecule has 0 spiro atoms. The largest absolute Gasteiger partial charge is 0.462 e. The molecule has 0 heterocycles. The van der Waals surface area contributed by atoms with Crippen molar-refractivity contribution in [2.75, 3.05) is 13.7 Å². The van der Waals surface area contributed by atoms with Crippen molar-refractivity contribution in [1.29, 1.82) is 0 Å². The molecule has 23 heavy (non-hydrogen) atoms. The molecule has 1 atom stereocenters. The van der Waals surface area contributed by atoms with Crippen LogP contribution < -0.4 is 0 Å². The van der Waals surface area contributed by atoms with E-state index in [-0.39, 0.29) is 12.1 Å². The van der Waals surface area contributed by atoms with Crippen LogP contribution in [0.4, 0.5) is 0 Å². The molecule has 0 radical (unpaired) electrons. The van der Waals surface area contributed by atoms with Crippen LogP contribution in [0, 0.1) is 0 Å². The number of hydrogen-bond donors (Lipinski definition) is 0. The lowest BCUT2D eigenvalue weighted by molar-refractivity contribution is -0.146. The maximum absolute atomic E-state index is 11.2. The fourth-order valence-electron chi connectivity index (χ4n) is 2.66.